The Balaban J connectivity index is 1.80. The summed E-state index contributed by atoms with van der Waals surface area (Å²) in [6, 6.07) is 12.4. The monoisotopic (exact) mass is 427 g/mol. The van der Waals surface area contributed by atoms with Crippen LogP contribution in [-0.4, -0.2) is 9.97 Å². The van der Waals surface area contributed by atoms with Crippen LogP contribution in [0.2, 0.25) is 5.02 Å². The first kappa shape index (κ1) is 11.6. The third-order valence-corrected chi connectivity index (χ3v) is 4.78. The summed E-state index contributed by atoms with van der Waals surface area (Å²) in [6.07, 6.45) is 0. The third-order valence-electron chi connectivity index (χ3n) is 4.53. The lowest BCUT2D eigenvalue weighted by Crippen LogP contribution is -1.95. The average molecular weight is 428 g/mol. The Bertz CT molecular complexity index is 1740. The Labute approximate surface area is 199 Å². The predicted octanol–water partition coefficient (Wildman–Crippen LogP) is 7.80. The number of hydrogen-bond acceptors (Lipinski definition) is 2. The second-order valence-corrected chi connectivity index (χ2v) is 7.02. The molecule has 0 bridgehead atoms. The fraction of sp³-hybridized carbons (Fsp3) is 0. The summed E-state index contributed by atoms with van der Waals surface area (Å²) in [4.78, 5) is 9.27. The standard InChI is InChI=1S/C28H19ClN2/c29-25-17-15-23(16-18-25)27-19-26(30-28(31-27)24-9-5-2-6-10-24)22-13-11-21(12-14-22)20-7-3-1-4-8-20/h1-19H/i1D,3D,4D,7D,8D,11D,12D,13D,14D. The van der Waals surface area contributed by atoms with Gasteiger partial charge in [0.05, 0.1) is 23.7 Å². The van der Waals surface area contributed by atoms with Gasteiger partial charge in [-0.25, -0.2) is 9.97 Å². The molecule has 31 heavy (non-hydrogen) atoms. The molecule has 5 aromatic rings. The first-order chi connectivity index (χ1) is 19.0. The van der Waals surface area contributed by atoms with Crippen molar-refractivity contribution in [3.8, 4) is 45.0 Å². The molecule has 4 aromatic carbocycles. The predicted molar refractivity (Wildman–Crippen MR) is 129 cm³/mol. The van der Waals surface area contributed by atoms with Gasteiger partial charge in [0.1, 0.15) is 0 Å². The van der Waals surface area contributed by atoms with Crippen molar-refractivity contribution in [2.45, 2.75) is 0 Å². The van der Waals surface area contributed by atoms with Crippen LogP contribution in [0, 0.1) is 0 Å². The van der Waals surface area contributed by atoms with E-state index in [1.807, 2.05) is 18.2 Å². The molecule has 0 N–H and O–H groups in total. The molecule has 0 aliphatic rings. The third kappa shape index (κ3) is 4.25. The zero-order chi connectivity index (χ0) is 28.9. The molecule has 0 saturated carbocycles. The van der Waals surface area contributed by atoms with Crippen molar-refractivity contribution in [1.82, 2.24) is 9.97 Å². The summed E-state index contributed by atoms with van der Waals surface area (Å²) >= 11 is 6.06. The van der Waals surface area contributed by atoms with E-state index in [2.05, 4.69) is 9.97 Å². The minimum Gasteiger partial charge on any atom is -0.228 e. The van der Waals surface area contributed by atoms with Crippen molar-refractivity contribution in [2.24, 2.45) is 0 Å². The fourth-order valence-electron chi connectivity index (χ4n) is 3.00. The molecule has 0 fully saturated rings. The Morgan fingerprint density at radius 3 is 1.81 bits per heavy atom. The lowest BCUT2D eigenvalue weighted by molar-refractivity contribution is 1.18. The van der Waals surface area contributed by atoms with Gasteiger partial charge in [0, 0.05) is 21.7 Å². The van der Waals surface area contributed by atoms with Crippen LogP contribution >= 0.6 is 11.6 Å². The molecule has 0 aliphatic heterocycles. The van der Waals surface area contributed by atoms with Gasteiger partial charge in [0.15, 0.2) is 5.82 Å². The lowest BCUT2D eigenvalue weighted by Gasteiger charge is -2.10. The summed E-state index contributed by atoms with van der Waals surface area (Å²) in [5.74, 6) is 0.301. The van der Waals surface area contributed by atoms with Crippen molar-refractivity contribution in [3.63, 3.8) is 0 Å². The van der Waals surface area contributed by atoms with E-state index in [0.717, 1.165) is 0 Å². The van der Waals surface area contributed by atoms with E-state index in [1.165, 1.54) is 0 Å². The van der Waals surface area contributed by atoms with Gasteiger partial charge in [0.25, 0.3) is 0 Å². The van der Waals surface area contributed by atoms with Crippen LogP contribution < -0.4 is 0 Å². The molecule has 2 nitrogen and oxygen atoms in total. The van der Waals surface area contributed by atoms with Gasteiger partial charge in [-0.05, 0) is 29.3 Å². The van der Waals surface area contributed by atoms with Crippen LogP contribution in [0.15, 0.2) is 115 Å². The van der Waals surface area contributed by atoms with Crippen molar-refractivity contribution in [3.05, 3.63) is 120 Å². The molecule has 0 unspecified atom stereocenters. The van der Waals surface area contributed by atoms with Crippen LogP contribution in [-0.2, 0) is 0 Å². The normalized spacial score (nSPS) is 14.8. The maximum Gasteiger partial charge on any atom is 0.160 e. The highest BCUT2D eigenvalue weighted by molar-refractivity contribution is 6.30. The van der Waals surface area contributed by atoms with Gasteiger partial charge in [-0.3, -0.25) is 0 Å². The fourth-order valence-corrected chi connectivity index (χ4v) is 3.13. The molecule has 1 aromatic heterocycles. The lowest BCUT2D eigenvalue weighted by atomic mass is 10.0. The van der Waals surface area contributed by atoms with E-state index in [9.17, 15) is 0 Å². The van der Waals surface area contributed by atoms with E-state index in [0.29, 0.717) is 27.7 Å². The van der Waals surface area contributed by atoms with Crippen molar-refractivity contribution in [1.29, 1.82) is 0 Å². The Morgan fingerprint density at radius 1 is 0.548 bits per heavy atom. The van der Waals surface area contributed by atoms with E-state index >= 15 is 0 Å². The molecular formula is C28H19ClN2. The van der Waals surface area contributed by atoms with Gasteiger partial charge in [-0.2, -0.15) is 0 Å². The second-order valence-electron chi connectivity index (χ2n) is 6.58. The summed E-state index contributed by atoms with van der Waals surface area (Å²) in [6.45, 7) is 0. The topological polar surface area (TPSA) is 25.8 Å². The van der Waals surface area contributed by atoms with Gasteiger partial charge < -0.3 is 0 Å². The van der Waals surface area contributed by atoms with Gasteiger partial charge in [-0.15, -0.1) is 0 Å². The zero-order valence-corrected chi connectivity index (χ0v) is 16.8. The maximum atomic E-state index is 8.81. The van der Waals surface area contributed by atoms with Gasteiger partial charge in [0.2, 0.25) is 0 Å². The Kier molecular flexibility index (Phi) is 3.20. The van der Waals surface area contributed by atoms with Gasteiger partial charge in [-0.1, -0.05) is 108 Å². The molecule has 0 aliphatic carbocycles. The summed E-state index contributed by atoms with van der Waals surface area (Å²) in [5, 5.41) is 0.532. The van der Waals surface area contributed by atoms with E-state index in [4.69, 9.17) is 23.9 Å². The average Bonchev–Trinajstić information content (AvgIpc) is 2.96. The summed E-state index contributed by atoms with van der Waals surface area (Å²) in [7, 11) is 0. The first-order valence-corrected chi connectivity index (χ1v) is 9.77. The largest absolute Gasteiger partial charge is 0.228 e. The number of hydrogen-bond donors (Lipinski definition) is 0. The van der Waals surface area contributed by atoms with E-state index in [-0.39, 0.29) is 16.8 Å². The highest BCUT2D eigenvalue weighted by Crippen LogP contribution is 2.29. The van der Waals surface area contributed by atoms with Crippen LogP contribution in [0.4, 0.5) is 0 Å². The smallest absolute Gasteiger partial charge is 0.160 e. The molecular weight excluding hydrogens is 400 g/mol. The van der Waals surface area contributed by atoms with Crippen molar-refractivity contribution >= 4 is 11.6 Å². The molecule has 0 amide bonds. The van der Waals surface area contributed by atoms with Crippen molar-refractivity contribution < 1.29 is 12.3 Å². The number of nitrogens with zero attached hydrogens (tertiary/aromatic N) is 2. The molecule has 0 saturated heterocycles. The first-order valence-electron chi connectivity index (χ1n) is 13.9. The van der Waals surface area contributed by atoms with Crippen LogP contribution in [0.5, 0.6) is 0 Å². The summed E-state index contributed by atoms with van der Waals surface area (Å²) < 4.78 is 75.5. The quantitative estimate of drug-likeness (QED) is 0.292. The second kappa shape index (κ2) is 8.55. The van der Waals surface area contributed by atoms with E-state index in [1.54, 1.807) is 42.5 Å². The molecule has 3 heteroatoms. The number of halogens is 1. The molecule has 0 radical (unpaired) electrons. The Hall–Kier alpha value is -3.75. The SMILES string of the molecule is [2H]c1c([2H])c([2H])c(-c2c([2H])c([2H])c(-c3cc(-c4ccc(Cl)cc4)nc(-c4ccccc4)n3)c([2H])c2[2H])c([2H])c1[2H]. The van der Waals surface area contributed by atoms with Gasteiger partial charge >= 0.3 is 0 Å². The summed E-state index contributed by atoms with van der Waals surface area (Å²) in [5.41, 5.74) is 1.06. The number of benzene rings is 4. The number of aromatic nitrogens is 2. The minimum absolute atomic E-state index is 0.110. The molecule has 0 spiro atoms. The molecule has 0 atom stereocenters. The molecule has 148 valence electrons. The Morgan fingerprint density at radius 2 is 1.13 bits per heavy atom. The zero-order valence-electron chi connectivity index (χ0n) is 25.0. The molecule has 1 heterocycles. The maximum absolute atomic E-state index is 8.81. The van der Waals surface area contributed by atoms with Crippen LogP contribution in [0.3, 0.4) is 0 Å². The highest BCUT2D eigenvalue weighted by Gasteiger charge is 2.11. The van der Waals surface area contributed by atoms with Crippen LogP contribution in [0.25, 0.3) is 45.0 Å². The minimum atomic E-state index is -0.632. The van der Waals surface area contributed by atoms with Crippen molar-refractivity contribution in [2.75, 3.05) is 0 Å². The highest BCUT2D eigenvalue weighted by atomic mass is 35.5. The number of rotatable bonds is 4. The molecule has 5 rings (SSSR count). The van der Waals surface area contributed by atoms with Crippen LogP contribution in [0.1, 0.15) is 12.3 Å². The van der Waals surface area contributed by atoms with E-state index < -0.39 is 59.9 Å².